The highest BCUT2D eigenvalue weighted by Crippen LogP contribution is 2.47. The summed E-state index contributed by atoms with van der Waals surface area (Å²) in [4.78, 5) is 4.00. The number of nitrogens with one attached hydrogen (secondary N) is 1. The zero-order valence-electron chi connectivity index (χ0n) is 13.6. The Balaban J connectivity index is 2.31. The molecule has 1 aliphatic carbocycles. The lowest BCUT2D eigenvalue weighted by Crippen LogP contribution is -2.49. The van der Waals surface area contributed by atoms with Crippen molar-refractivity contribution in [2.75, 3.05) is 13.7 Å². The minimum absolute atomic E-state index is 0.0308. The van der Waals surface area contributed by atoms with Gasteiger partial charge in [0.1, 0.15) is 5.82 Å². The van der Waals surface area contributed by atoms with Gasteiger partial charge in [-0.15, -0.1) is 0 Å². The Morgan fingerprint density at radius 3 is 2.48 bits per heavy atom. The van der Waals surface area contributed by atoms with E-state index in [0.29, 0.717) is 12.0 Å². The number of hydrogen-bond donors (Lipinski definition) is 1. The molecule has 4 heteroatoms. The number of likely N-dealkylation sites (N-methyl/N-ethyl adjacent to an activating group) is 1. The van der Waals surface area contributed by atoms with Gasteiger partial charge in [0.25, 0.3) is 0 Å². The van der Waals surface area contributed by atoms with Crippen LogP contribution in [0.4, 0.5) is 4.39 Å². The van der Waals surface area contributed by atoms with E-state index in [4.69, 9.17) is 4.74 Å². The van der Waals surface area contributed by atoms with Crippen molar-refractivity contribution >= 4 is 0 Å². The molecule has 0 radical (unpaired) electrons. The molecular formula is C17H27FN2O. The summed E-state index contributed by atoms with van der Waals surface area (Å²) in [5, 5.41) is 3.34. The predicted molar refractivity (Wildman–Crippen MR) is 82.6 cm³/mol. The first-order valence-electron chi connectivity index (χ1n) is 7.84. The molecule has 1 atom stereocenters. The zero-order chi connectivity index (χ0) is 15.5. The molecule has 1 aromatic rings. The quantitative estimate of drug-likeness (QED) is 0.895. The van der Waals surface area contributed by atoms with Crippen molar-refractivity contribution in [2.45, 2.75) is 58.1 Å². The average Bonchev–Trinajstić information content (AvgIpc) is 2.43. The van der Waals surface area contributed by atoms with Gasteiger partial charge in [-0.25, -0.2) is 4.39 Å². The van der Waals surface area contributed by atoms with Crippen molar-refractivity contribution in [3.63, 3.8) is 0 Å². The van der Waals surface area contributed by atoms with Gasteiger partial charge in [0, 0.05) is 12.8 Å². The molecule has 3 nitrogen and oxygen atoms in total. The van der Waals surface area contributed by atoms with Gasteiger partial charge >= 0.3 is 0 Å². The fraction of sp³-hybridized carbons (Fsp3) is 0.706. The second-order valence-electron chi connectivity index (χ2n) is 6.82. The molecule has 1 saturated carbocycles. The normalized spacial score (nSPS) is 22.0. The monoisotopic (exact) mass is 294 g/mol. The Morgan fingerprint density at radius 1 is 1.29 bits per heavy atom. The largest absolute Gasteiger partial charge is 0.373 e. The van der Waals surface area contributed by atoms with E-state index in [1.165, 1.54) is 6.20 Å². The first kappa shape index (κ1) is 16.4. The molecule has 21 heavy (non-hydrogen) atoms. The van der Waals surface area contributed by atoms with Gasteiger partial charge in [0.15, 0.2) is 0 Å². The van der Waals surface area contributed by atoms with E-state index in [-0.39, 0.29) is 17.5 Å². The van der Waals surface area contributed by atoms with Crippen molar-refractivity contribution in [3.05, 3.63) is 29.8 Å². The first-order chi connectivity index (χ1) is 9.92. The summed E-state index contributed by atoms with van der Waals surface area (Å²) < 4.78 is 19.7. The summed E-state index contributed by atoms with van der Waals surface area (Å²) in [5.41, 5.74) is 0.957. The second kappa shape index (κ2) is 6.41. The smallest absolute Gasteiger partial charge is 0.141 e. The highest BCUT2D eigenvalue weighted by atomic mass is 19.1. The lowest BCUT2D eigenvalue weighted by Gasteiger charge is -2.47. The van der Waals surface area contributed by atoms with E-state index in [0.717, 1.165) is 31.2 Å². The molecule has 2 rings (SSSR count). The van der Waals surface area contributed by atoms with Gasteiger partial charge in [-0.05, 0) is 56.7 Å². The summed E-state index contributed by atoms with van der Waals surface area (Å²) in [7, 11) is 1.91. The van der Waals surface area contributed by atoms with E-state index in [2.05, 4.69) is 24.1 Å². The Labute approximate surface area is 127 Å². The molecule has 1 unspecified atom stereocenters. The first-order valence-corrected chi connectivity index (χ1v) is 7.84. The average molecular weight is 294 g/mol. The van der Waals surface area contributed by atoms with Crippen LogP contribution in [0.1, 0.15) is 58.1 Å². The summed E-state index contributed by atoms with van der Waals surface area (Å²) in [6.45, 7) is 7.31. The van der Waals surface area contributed by atoms with Crippen molar-refractivity contribution in [3.8, 4) is 0 Å². The number of ether oxygens (including phenoxy) is 1. The zero-order valence-corrected chi connectivity index (χ0v) is 13.6. The molecule has 118 valence electrons. The van der Waals surface area contributed by atoms with Crippen LogP contribution in [0.2, 0.25) is 0 Å². The predicted octanol–water partition coefficient (Wildman–Crippen LogP) is 3.86. The molecule has 0 spiro atoms. The van der Waals surface area contributed by atoms with Crippen LogP contribution in [0, 0.1) is 11.2 Å². The standard InChI is InChI=1S/C17H27FN2O/c1-5-21-17(8-6-16(2,3)7-9-17)15(19-4)13-10-14(18)12-20-11-13/h10-12,15,19H,5-9H2,1-4H3. The van der Waals surface area contributed by atoms with E-state index in [1.54, 1.807) is 12.3 Å². The molecule has 0 bridgehead atoms. The van der Waals surface area contributed by atoms with Crippen LogP contribution in [-0.2, 0) is 4.74 Å². The molecule has 0 saturated heterocycles. The van der Waals surface area contributed by atoms with Gasteiger partial charge < -0.3 is 10.1 Å². The topological polar surface area (TPSA) is 34.1 Å². The maximum atomic E-state index is 13.5. The fourth-order valence-electron chi connectivity index (χ4n) is 3.47. The molecule has 0 aromatic carbocycles. The number of hydrogen-bond acceptors (Lipinski definition) is 3. The van der Waals surface area contributed by atoms with Crippen LogP contribution in [0.15, 0.2) is 18.5 Å². The number of halogens is 1. The number of nitrogens with zero attached hydrogens (tertiary/aromatic N) is 1. The van der Waals surface area contributed by atoms with E-state index >= 15 is 0 Å². The van der Waals surface area contributed by atoms with Gasteiger partial charge in [0.2, 0.25) is 0 Å². The number of aromatic nitrogens is 1. The molecule has 1 fully saturated rings. The van der Waals surface area contributed by atoms with Crippen molar-refractivity contribution in [1.82, 2.24) is 10.3 Å². The highest BCUT2D eigenvalue weighted by molar-refractivity contribution is 5.20. The third-order valence-corrected chi connectivity index (χ3v) is 4.76. The number of pyridine rings is 1. The minimum atomic E-state index is -0.296. The van der Waals surface area contributed by atoms with E-state index in [9.17, 15) is 4.39 Å². The summed E-state index contributed by atoms with van der Waals surface area (Å²) in [6.07, 6.45) is 7.19. The third-order valence-electron chi connectivity index (χ3n) is 4.76. The van der Waals surface area contributed by atoms with Gasteiger partial charge in [-0.1, -0.05) is 13.8 Å². The van der Waals surface area contributed by atoms with E-state index in [1.807, 2.05) is 14.0 Å². The van der Waals surface area contributed by atoms with Crippen LogP contribution in [0.3, 0.4) is 0 Å². The fourth-order valence-corrected chi connectivity index (χ4v) is 3.47. The Hall–Kier alpha value is -1.00. The molecular weight excluding hydrogens is 267 g/mol. The molecule has 0 amide bonds. The Kier molecular flexibility index (Phi) is 4.99. The van der Waals surface area contributed by atoms with Crippen LogP contribution < -0.4 is 5.32 Å². The maximum Gasteiger partial charge on any atom is 0.141 e. The SMILES string of the molecule is CCOC1(C(NC)c2cncc(F)c2)CCC(C)(C)CC1. The molecule has 1 aliphatic rings. The van der Waals surface area contributed by atoms with Crippen LogP contribution in [-0.4, -0.2) is 24.2 Å². The number of rotatable bonds is 5. The van der Waals surface area contributed by atoms with Crippen LogP contribution in [0.25, 0.3) is 0 Å². The summed E-state index contributed by atoms with van der Waals surface area (Å²) in [5.74, 6) is -0.296. The van der Waals surface area contributed by atoms with Gasteiger partial charge in [-0.3, -0.25) is 4.98 Å². The molecule has 1 aromatic heterocycles. The maximum absolute atomic E-state index is 13.5. The van der Waals surface area contributed by atoms with Gasteiger partial charge in [-0.2, -0.15) is 0 Å². The van der Waals surface area contributed by atoms with Crippen LogP contribution in [0.5, 0.6) is 0 Å². The second-order valence-corrected chi connectivity index (χ2v) is 6.82. The minimum Gasteiger partial charge on any atom is -0.373 e. The highest BCUT2D eigenvalue weighted by Gasteiger charge is 2.45. The van der Waals surface area contributed by atoms with Crippen molar-refractivity contribution < 1.29 is 9.13 Å². The lowest BCUT2D eigenvalue weighted by atomic mass is 9.67. The molecule has 1 heterocycles. The Bertz CT molecular complexity index is 466. The van der Waals surface area contributed by atoms with Gasteiger partial charge in [0.05, 0.1) is 17.8 Å². The third kappa shape index (κ3) is 3.61. The Morgan fingerprint density at radius 2 is 1.95 bits per heavy atom. The summed E-state index contributed by atoms with van der Waals surface area (Å²) >= 11 is 0. The molecule has 0 aliphatic heterocycles. The van der Waals surface area contributed by atoms with Crippen molar-refractivity contribution in [1.29, 1.82) is 0 Å². The summed E-state index contributed by atoms with van der Waals surface area (Å²) in [6, 6.07) is 1.53. The van der Waals surface area contributed by atoms with Crippen LogP contribution >= 0.6 is 0 Å². The van der Waals surface area contributed by atoms with Crippen molar-refractivity contribution in [2.24, 2.45) is 5.41 Å². The lowest BCUT2D eigenvalue weighted by molar-refractivity contribution is -0.106. The van der Waals surface area contributed by atoms with E-state index < -0.39 is 0 Å². The molecule has 1 N–H and O–H groups in total.